The van der Waals surface area contributed by atoms with Crippen LogP contribution in [0.4, 0.5) is 0 Å². The van der Waals surface area contributed by atoms with Crippen LogP contribution in [0, 0.1) is 0 Å². The lowest BCUT2D eigenvalue weighted by molar-refractivity contribution is 0.0768. The molecule has 0 radical (unpaired) electrons. The number of sulfonamides is 1. The number of benzene rings is 1. The van der Waals surface area contributed by atoms with E-state index in [1.54, 1.807) is 11.0 Å². The molecule has 0 bridgehead atoms. The number of carbonyl (C=O) groups is 1. The summed E-state index contributed by atoms with van der Waals surface area (Å²) < 4.78 is 26.8. The first-order valence-electron chi connectivity index (χ1n) is 9.61. The lowest BCUT2D eigenvalue weighted by Crippen LogP contribution is -2.48. The summed E-state index contributed by atoms with van der Waals surface area (Å²) in [5.41, 5.74) is 1.22. The Kier molecular flexibility index (Phi) is 7.61. The topological polar surface area (TPSA) is 69.7 Å². The van der Waals surface area contributed by atoms with E-state index in [2.05, 4.69) is 17.4 Å². The fraction of sp³-hybridized carbons (Fsp3) is 0.450. The van der Waals surface area contributed by atoms with Crippen molar-refractivity contribution in [1.82, 2.24) is 14.5 Å². The second kappa shape index (κ2) is 10.2. The van der Waals surface area contributed by atoms with Crippen molar-refractivity contribution in [2.75, 3.05) is 45.0 Å². The predicted octanol–water partition coefficient (Wildman–Crippen LogP) is 2.06. The van der Waals surface area contributed by atoms with E-state index in [0.29, 0.717) is 37.6 Å². The molecular weight excluding hydrogens is 394 g/mol. The van der Waals surface area contributed by atoms with E-state index < -0.39 is 10.0 Å². The monoisotopic (exact) mass is 421 g/mol. The summed E-state index contributed by atoms with van der Waals surface area (Å²) >= 11 is 1.39. The number of nitrogens with zero attached hydrogens (tertiary/aromatic N) is 2. The van der Waals surface area contributed by atoms with Crippen LogP contribution < -0.4 is 5.32 Å². The van der Waals surface area contributed by atoms with Gasteiger partial charge in [0.25, 0.3) is 5.91 Å². The lowest BCUT2D eigenvalue weighted by atomic mass is 10.1. The van der Waals surface area contributed by atoms with Crippen LogP contribution >= 0.6 is 11.3 Å². The van der Waals surface area contributed by atoms with E-state index in [9.17, 15) is 13.2 Å². The van der Waals surface area contributed by atoms with Crippen LogP contribution in [0.1, 0.15) is 21.7 Å². The molecule has 1 amide bonds. The molecule has 1 N–H and O–H groups in total. The summed E-state index contributed by atoms with van der Waals surface area (Å²) in [7, 11) is -3.36. The molecule has 152 valence electrons. The third kappa shape index (κ3) is 5.88. The molecule has 6 nitrogen and oxygen atoms in total. The van der Waals surface area contributed by atoms with Gasteiger partial charge in [0.1, 0.15) is 0 Å². The summed E-state index contributed by atoms with van der Waals surface area (Å²) in [6, 6.07) is 13.8. The molecule has 1 fully saturated rings. The minimum atomic E-state index is -3.36. The molecule has 0 spiro atoms. The zero-order chi connectivity index (χ0) is 19.8. The number of nitrogens with one attached hydrogen (secondary N) is 1. The van der Waals surface area contributed by atoms with Crippen molar-refractivity contribution in [2.45, 2.75) is 12.8 Å². The van der Waals surface area contributed by atoms with Crippen molar-refractivity contribution in [3.63, 3.8) is 0 Å². The number of carbonyl (C=O) groups excluding carboxylic acids is 1. The van der Waals surface area contributed by atoms with Crippen molar-refractivity contribution < 1.29 is 13.2 Å². The lowest BCUT2D eigenvalue weighted by Gasteiger charge is -2.28. The van der Waals surface area contributed by atoms with Gasteiger partial charge in [0.05, 0.1) is 10.6 Å². The Morgan fingerprint density at radius 1 is 1.07 bits per heavy atom. The van der Waals surface area contributed by atoms with Crippen LogP contribution in [0.25, 0.3) is 0 Å². The van der Waals surface area contributed by atoms with Crippen LogP contribution in [-0.2, 0) is 16.4 Å². The first-order chi connectivity index (χ1) is 13.6. The Hall–Kier alpha value is -1.74. The fourth-order valence-corrected chi connectivity index (χ4v) is 5.41. The third-order valence-electron chi connectivity index (χ3n) is 4.84. The van der Waals surface area contributed by atoms with Crippen LogP contribution in [-0.4, -0.2) is 68.6 Å². The van der Waals surface area contributed by atoms with Gasteiger partial charge in [-0.15, -0.1) is 11.3 Å². The summed E-state index contributed by atoms with van der Waals surface area (Å²) in [4.78, 5) is 15.2. The SMILES string of the molecule is O=C(c1cccs1)N(CCCc1ccccc1)CCS(=O)(=O)N1CCNCC1. The summed E-state index contributed by atoms with van der Waals surface area (Å²) in [6.45, 7) is 3.10. The van der Waals surface area contributed by atoms with Crippen LogP contribution in [0.2, 0.25) is 0 Å². The van der Waals surface area contributed by atoms with E-state index in [1.165, 1.54) is 21.2 Å². The molecule has 2 aromatic rings. The largest absolute Gasteiger partial charge is 0.337 e. The Balaban J connectivity index is 1.61. The fourth-order valence-electron chi connectivity index (χ4n) is 3.27. The second-order valence-electron chi connectivity index (χ2n) is 6.82. The molecule has 1 saturated heterocycles. The quantitative estimate of drug-likeness (QED) is 0.673. The van der Waals surface area contributed by atoms with E-state index in [0.717, 1.165) is 12.8 Å². The molecule has 8 heteroatoms. The van der Waals surface area contributed by atoms with Gasteiger partial charge in [-0.05, 0) is 29.9 Å². The summed E-state index contributed by atoms with van der Waals surface area (Å²) in [5, 5.41) is 5.03. The highest BCUT2D eigenvalue weighted by atomic mass is 32.2. The highest BCUT2D eigenvalue weighted by Crippen LogP contribution is 2.14. The van der Waals surface area contributed by atoms with Gasteiger partial charge in [0.15, 0.2) is 0 Å². The van der Waals surface area contributed by atoms with E-state index in [4.69, 9.17) is 0 Å². The number of piperazine rings is 1. The van der Waals surface area contributed by atoms with Gasteiger partial charge in [-0.2, -0.15) is 4.31 Å². The molecule has 1 aliphatic rings. The second-order valence-corrected chi connectivity index (χ2v) is 9.86. The van der Waals surface area contributed by atoms with Gasteiger partial charge in [-0.25, -0.2) is 8.42 Å². The maximum atomic E-state index is 12.9. The molecule has 3 rings (SSSR count). The maximum Gasteiger partial charge on any atom is 0.263 e. The van der Waals surface area contributed by atoms with Crippen molar-refractivity contribution in [3.05, 3.63) is 58.3 Å². The molecule has 1 aliphatic heterocycles. The summed E-state index contributed by atoms with van der Waals surface area (Å²) in [6.07, 6.45) is 1.66. The smallest absolute Gasteiger partial charge is 0.263 e. The van der Waals surface area contributed by atoms with Gasteiger partial charge < -0.3 is 10.2 Å². The molecule has 0 aliphatic carbocycles. The van der Waals surface area contributed by atoms with Gasteiger partial charge in [-0.1, -0.05) is 36.4 Å². The highest BCUT2D eigenvalue weighted by Gasteiger charge is 2.26. The minimum absolute atomic E-state index is 0.0323. The van der Waals surface area contributed by atoms with E-state index in [-0.39, 0.29) is 18.2 Å². The average molecular weight is 422 g/mol. The van der Waals surface area contributed by atoms with Crippen LogP contribution in [0.5, 0.6) is 0 Å². The number of aryl methyl sites for hydroxylation is 1. The number of hydrogen-bond acceptors (Lipinski definition) is 5. The Labute approximate surface area is 171 Å². The molecule has 1 aromatic carbocycles. The van der Waals surface area contributed by atoms with Gasteiger partial charge in [-0.3, -0.25) is 4.79 Å². The van der Waals surface area contributed by atoms with Gasteiger partial charge >= 0.3 is 0 Å². The first kappa shape index (κ1) is 21.0. The van der Waals surface area contributed by atoms with Crippen LogP contribution in [0.3, 0.4) is 0 Å². The normalized spacial score (nSPS) is 15.4. The van der Waals surface area contributed by atoms with E-state index >= 15 is 0 Å². The van der Waals surface area contributed by atoms with Crippen molar-refractivity contribution in [2.24, 2.45) is 0 Å². The van der Waals surface area contributed by atoms with Crippen molar-refractivity contribution in [3.8, 4) is 0 Å². The third-order valence-corrected chi connectivity index (χ3v) is 7.55. The number of rotatable bonds is 9. The average Bonchev–Trinajstić information content (AvgIpc) is 3.26. The van der Waals surface area contributed by atoms with Crippen LogP contribution in [0.15, 0.2) is 47.8 Å². The predicted molar refractivity (Wildman–Crippen MR) is 113 cm³/mol. The Morgan fingerprint density at radius 2 is 1.82 bits per heavy atom. The van der Waals surface area contributed by atoms with Crippen molar-refractivity contribution >= 4 is 27.3 Å². The molecule has 0 saturated carbocycles. The first-order valence-corrected chi connectivity index (χ1v) is 12.1. The number of thiophene rings is 1. The van der Waals surface area contributed by atoms with Gasteiger partial charge in [0, 0.05) is 39.3 Å². The maximum absolute atomic E-state index is 12.9. The molecule has 2 heterocycles. The zero-order valence-corrected chi connectivity index (χ0v) is 17.6. The number of amides is 1. The van der Waals surface area contributed by atoms with Gasteiger partial charge in [0.2, 0.25) is 10.0 Å². The standard InChI is InChI=1S/C20H27N3O3S2/c24-20(19-9-5-16-27-19)22(12-4-8-18-6-2-1-3-7-18)15-17-28(25,26)23-13-10-21-11-14-23/h1-3,5-7,9,16,21H,4,8,10-15,17H2. The zero-order valence-electron chi connectivity index (χ0n) is 15.9. The highest BCUT2D eigenvalue weighted by molar-refractivity contribution is 7.89. The van der Waals surface area contributed by atoms with Crippen molar-refractivity contribution in [1.29, 1.82) is 0 Å². The number of hydrogen-bond donors (Lipinski definition) is 1. The van der Waals surface area contributed by atoms with E-state index in [1.807, 2.05) is 29.6 Å². The Bertz CT molecular complexity index is 833. The molecule has 1 aromatic heterocycles. The molecule has 0 atom stereocenters. The molecular formula is C20H27N3O3S2. The molecule has 28 heavy (non-hydrogen) atoms. The summed E-state index contributed by atoms with van der Waals surface area (Å²) in [5.74, 6) is -0.117. The molecule has 0 unspecified atom stereocenters. The Morgan fingerprint density at radius 3 is 2.50 bits per heavy atom. The minimum Gasteiger partial charge on any atom is -0.337 e.